The van der Waals surface area contributed by atoms with E-state index in [1.807, 2.05) is 47.8 Å². The molecular weight excluding hydrogens is 454 g/mol. The first kappa shape index (κ1) is 23.3. The standard InChI is InChI=1S/C27H22F2N2O2S/c28-21-13-11-20(12-14-21)26(27(33)30-18-19-6-2-1-3-7-19)31(23-9-4-8-22(29)16-23)25(32)17-24-10-5-15-34-24/h1-16,26H,17-18H2,(H,30,33). The highest BCUT2D eigenvalue weighted by Crippen LogP contribution is 2.30. The molecule has 1 atom stereocenters. The number of halogens is 2. The topological polar surface area (TPSA) is 49.4 Å². The van der Waals surface area contributed by atoms with E-state index in [1.54, 1.807) is 6.07 Å². The van der Waals surface area contributed by atoms with E-state index in [-0.39, 0.29) is 24.6 Å². The molecule has 0 radical (unpaired) electrons. The average Bonchev–Trinajstić information content (AvgIpc) is 3.35. The van der Waals surface area contributed by atoms with Crippen LogP contribution in [-0.2, 0) is 22.6 Å². The maximum Gasteiger partial charge on any atom is 0.248 e. The smallest absolute Gasteiger partial charge is 0.248 e. The maximum atomic E-state index is 14.2. The summed E-state index contributed by atoms with van der Waals surface area (Å²) in [7, 11) is 0. The van der Waals surface area contributed by atoms with Crippen molar-refractivity contribution in [1.29, 1.82) is 0 Å². The second-order valence-corrected chi connectivity index (χ2v) is 8.69. The Morgan fingerprint density at radius 2 is 1.62 bits per heavy atom. The molecule has 0 fully saturated rings. The second kappa shape index (κ2) is 10.9. The lowest BCUT2D eigenvalue weighted by Gasteiger charge is -2.31. The third-order valence-electron chi connectivity index (χ3n) is 5.26. The number of hydrogen-bond donors (Lipinski definition) is 1. The lowest BCUT2D eigenvalue weighted by Crippen LogP contribution is -2.44. The Bertz CT molecular complexity index is 1250. The van der Waals surface area contributed by atoms with Gasteiger partial charge in [-0.3, -0.25) is 14.5 Å². The summed E-state index contributed by atoms with van der Waals surface area (Å²) in [4.78, 5) is 29.2. The minimum absolute atomic E-state index is 0.0395. The highest BCUT2D eigenvalue weighted by Gasteiger charge is 2.33. The average molecular weight is 477 g/mol. The molecule has 0 spiro atoms. The van der Waals surface area contributed by atoms with Gasteiger partial charge in [-0.25, -0.2) is 8.78 Å². The number of carbonyl (C=O) groups excluding carboxylic acids is 2. The second-order valence-electron chi connectivity index (χ2n) is 7.66. The minimum Gasteiger partial charge on any atom is -0.350 e. The molecule has 1 unspecified atom stereocenters. The van der Waals surface area contributed by atoms with Gasteiger partial charge >= 0.3 is 0 Å². The summed E-state index contributed by atoms with van der Waals surface area (Å²) in [5.41, 5.74) is 1.54. The fourth-order valence-electron chi connectivity index (χ4n) is 3.65. The predicted molar refractivity (Wildman–Crippen MR) is 129 cm³/mol. The fraction of sp³-hybridized carbons (Fsp3) is 0.111. The number of carbonyl (C=O) groups is 2. The van der Waals surface area contributed by atoms with Crippen molar-refractivity contribution in [3.05, 3.63) is 124 Å². The van der Waals surface area contributed by atoms with Crippen LogP contribution in [0.2, 0.25) is 0 Å². The summed E-state index contributed by atoms with van der Waals surface area (Å²) in [6.07, 6.45) is 0.0395. The number of amides is 2. The summed E-state index contributed by atoms with van der Waals surface area (Å²) >= 11 is 1.42. The fourth-order valence-corrected chi connectivity index (χ4v) is 4.35. The monoisotopic (exact) mass is 476 g/mol. The molecule has 4 aromatic rings. The van der Waals surface area contributed by atoms with Crippen molar-refractivity contribution >= 4 is 28.8 Å². The van der Waals surface area contributed by atoms with Crippen LogP contribution in [0.4, 0.5) is 14.5 Å². The van der Waals surface area contributed by atoms with Gasteiger partial charge in [-0.1, -0.05) is 54.6 Å². The molecule has 1 aromatic heterocycles. The first-order chi connectivity index (χ1) is 16.5. The number of anilines is 1. The first-order valence-corrected chi connectivity index (χ1v) is 11.6. The van der Waals surface area contributed by atoms with Crippen molar-refractivity contribution in [2.75, 3.05) is 4.90 Å². The summed E-state index contributed by atoms with van der Waals surface area (Å²) in [6.45, 7) is 0.244. The number of nitrogens with one attached hydrogen (secondary N) is 1. The van der Waals surface area contributed by atoms with Crippen LogP contribution in [0.3, 0.4) is 0 Å². The van der Waals surface area contributed by atoms with Gasteiger partial charge in [-0.05, 0) is 52.9 Å². The molecule has 0 aliphatic carbocycles. The van der Waals surface area contributed by atoms with Crippen molar-refractivity contribution in [2.45, 2.75) is 19.0 Å². The Hall–Kier alpha value is -3.84. The Balaban J connectivity index is 1.73. The first-order valence-electron chi connectivity index (χ1n) is 10.7. The predicted octanol–water partition coefficient (Wildman–Crippen LogP) is 5.66. The van der Waals surface area contributed by atoms with E-state index >= 15 is 0 Å². The highest BCUT2D eigenvalue weighted by atomic mass is 32.1. The lowest BCUT2D eigenvalue weighted by molar-refractivity contribution is -0.126. The number of rotatable bonds is 8. The molecule has 34 heavy (non-hydrogen) atoms. The lowest BCUT2D eigenvalue weighted by atomic mass is 10.0. The number of hydrogen-bond acceptors (Lipinski definition) is 3. The van der Waals surface area contributed by atoms with Crippen molar-refractivity contribution in [3.8, 4) is 0 Å². The number of nitrogens with zero attached hydrogens (tertiary/aromatic N) is 1. The molecule has 4 nitrogen and oxygen atoms in total. The minimum atomic E-state index is -1.13. The van der Waals surface area contributed by atoms with E-state index in [2.05, 4.69) is 5.32 Å². The Kier molecular flexibility index (Phi) is 7.44. The van der Waals surface area contributed by atoms with Crippen LogP contribution in [0.1, 0.15) is 22.0 Å². The SMILES string of the molecule is O=C(NCc1ccccc1)C(c1ccc(F)cc1)N(C(=O)Cc1cccs1)c1cccc(F)c1. The van der Waals surface area contributed by atoms with Gasteiger partial charge in [0.15, 0.2) is 0 Å². The van der Waals surface area contributed by atoms with Gasteiger partial charge in [0, 0.05) is 17.1 Å². The van der Waals surface area contributed by atoms with Gasteiger partial charge in [0.2, 0.25) is 11.8 Å². The molecule has 0 saturated heterocycles. The molecule has 7 heteroatoms. The molecule has 172 valence electrons. The molecule has 3 aromatic carbocycles. The molecule has 4 rings (SSSR count). The summed E-state index contributed by atoms with van der Waals surface area (Å²) < 4.78 is 27.9. The summed E-state index contributed by atoms with van der Waals surface area (Å²) in [5, 5.41) is 4.73. The van der Waals surface area contributed by atoms with E-state index in [0.29, 0.717) is 5.56 Å². The van der Waals surface area contributed by atoms with Crippen LogP contribution in [-0.4, -0.2) is 11.8 Å². The van der Waals surface area contributed by atoms with Gasteiger partial charge in [-0.15, -0.1) is 11.3 Å². The van der Waals surface area contributed by atoms with Gasteiger partial charge < -0.3 is 5.32 Å². The molecule has 2 amide bonds. The molecule has 1 heterocycles. The van der Waals surface area contributed by atoms with Crippen LogP contribution in [0.15, 0.2) is 96.4 Å². The third-order valence-corrected chi connectivity index (χ3v) is 6.14. The zero-order valence-corrected chi connectivity index (χ0v) is 19.0. The van der Waals surface area contributed by atoms with E-state index in [0.717, 1.165) is 10.4 Å². The van der Waals surface area contributed by atoms with E-state index < -0.39 is 23.6 Å². The molecule has 0 aliphatic rings. The molecule has 0 saturated carbocycles. The normalized spacial score (nSPS) is 11.6. The van der Waals surface area contributed by atoms with Gasteiger partial charge in [0.1, 0.15) is 17.7 Å². The van der Waals surface area contributed by atoms with Gasteiger partial charge in [-0.2, -0.15) is 0 Å². The van der Waals surface area contributed by atoms with Crippen molar-refractivity contribution < 1.29 is 18.4 Å². The zero-order valence-electron chi connectivity index (χ0n) is 18.2. The quantitative estimate of drug-likeness (QED) is 0.357. The van der Waals surface area contributed by atoms with Gasteiger partial charge in [0.25, 0.3) is 0 Å². The van der Waals surface area contributed by atoms with Crippen LogP contribution >= 0.6 is 11.3 Å². The zero-order chi connectivity index (χ0) is 23.9. The van der Waals surface area contributed by atoms with Gasteiger partial charge in [0.05, 0.1) is 6.42 Å². The Morgan fingerprint density at radius 1 is 0.853 bits per heavy atom. The summed E-state index contributed by atoms with van der Waals surface area (Å²) in [5.74, 6) is -1.83. The van der Waals surface area contributed by atoms with Crippen LogP contribution in [0.5, 0.6) is 0 Å². The van der Waals surface area contributed by atoms with Crippen molar-refractivity contribution in [2.24, 2.45) is 0 Å². The molecule has 0 bridgehead atoms. The maximum absolute atomic E-state index is 14.2. The molecule has 1 N–H and O–H groups in total. The number of thiophene rings is 1. The third kappa shape index (κ3) is 5.74. The van der Waals surface area contributed by atoms with E-state index in [9.17, 15) is 18.4 Å². The van der Waals surface area contributed by atoms with E-state index in [1.165, 1.54) is 58.7 Å². The van der Waals surface area contributed by atoms with Crippen molar-refractivity contribution in [1.82, 2.24) is 5.32 Å². The largest absolute Gasteiger partial charge is 0.350 e. The van der Waals surface area contributed by atoms with E-state index in [4.69, 9.17) is 0 Å². The Morgan fingerprint density at radius 3 is 2.29 bits per heavy atom. The molecule has 0 aliphatic heterocycles. The van der Waals surface area contributed by atoms with Crippen LogP contribution in [0, 0.1) is 11.6 Å². The Labute approximate surface area is 200 Å². The number of benzene rings is 3. The molecular formula is C27H22F2N2O2S. The summed E-state index contributed by atoms with van der Waals surface area (Å²) in [6, 6.07) is 22.8. The van der Waals surface area contributed by atoms with Crippen LogP contribution in [0.25, 0.3) is 0 Å². The van der Waals surface area contributed by atoms with Crippen molar-refractivity contribution in [3.63, 3.8) is 0 Å². The van der Waals surface area contributed by atoms with Crippen LogP contribution < -0.4 is 10.2 Å². The highest BCUT2D eigenvalue weighted by molar-refractivity contribution is 7.10.